The molecule has 5 heteroatoms. The number of furan rings is 1. The molecule has 2 aromatic carbocycles. The normalized spacial score (nSPS) is 11.7. The zero-order chi connectivity index (χ0) is 17.2. The van der Waals surface area contributed by atoms with Crippen LogP contribution in [0.3, 0.4) is 0 Å². The Labute approximate surface area is 142 Å². The number of hydrogen-bond donors (Lipinski definition) is 0. The molecular formula is C19H15F3OS. The lowest BCUT2D eigenvalue weighted by molar-refractivity contribution is -0.137. The fourth-order valence-corrected chi connectivity index (χ4v) is 3.23. The molecule has 0 atom stereocenters. The zero-order valence-corrected chi connectivity index (χ0v) is 13.7. The first-order valence-corrected chi connectivity index (χ1v) is 8.35. The minimum Gasteiger partial charge on any atom is -0.464 e. The van der Waals surface area contributed by atoms with Crippen molar-refractivity contribution in [3.05, 3.63) is 77.6 Å². The lowest BCUT2D eigenvalue weighted by Gasteiger charge is -2.06. The van der Waals surface area contributed by atoms with Crippen LogP contribution in [-0.4, -0.2) is 0 Å². The second-order valence-electron chi connectivity index (χ2n) is 5.50. The van der Waals surface area contributed by atoms with Crippen LogP contribution in [0.2, 0.25) is 0 Å². The van der Waals surface area contributed by atoms with E-state index in [9.17, 15) is 13.2 Å². The van der Waals surface area contributed by atoms with Gasteiger partial charge in [0.1, 0.15) is 5.76 Å². The highest BCUT2D eigenvalue weighted by molar-refractivity contribution is 7.98. The molecule has 0 saturated heterocycles. The summed E-state index contributed by atoms with van der Waals surface area (Å²) in [5, 5.41) is 0. The van der Waals surface area contributed by atoms with Crippen molar-refractivity contribution in [1.29, 1.82) is 0 Å². The SMILES string of the molecule is Cc1cccc(SCc2coc(-c3ccc(C(F)(F)F)cc3)c2)c1. The number of hydrogen-bond acceptors (Lipinski definition) is 2. The van der Waals surface area contributed by atoms with E-state index in [1.807, 2.05) is 25.1 Å². The Morgan fingerprint density at radius 3 is 2.42 bits per heavy atom. The van der Waals surface area contributed by atoms with Crippen molar-refractivity contribution in [2.45, 2.75) is 23.7 Å². The molecule has 124 valence electrons. The van der Waals surface area contributed by atoms with Crippen molar-refractivity contribution >= 4 is 11.8 Å². The highest BCUT2D eigenvalue weighted by Crippen LogP contribution is 2.32. The van der Waals surface area contributed by atoms with E-state index >= 15 is 0 Å². The van der Waals surface area contributed by atoms with Gasteiger partial charge in [0.15, 0.2) is 0 Å². The Morgan fingerprint density at radius 2 is 1.75 bits per heavy atom. The van der Waals surface area contributed by atoms with Gasteiger partial charge in [-0.05, 0) is 37.3 Å². The van der Waals surface area contributed by atoms with Gasteiger partial charge in [0.2, 0.25) is 0 Å². The fourth-order valence-electron chi connectivity index (χ4n) is 2.30. The quantitative estimate of drug-likeness (QED) is 0.495. The second-order valence-corrected chi connectivity index (χ2v) is 6.55. The van der Waals surface area contributed by atoms with Gasteiger partial charge in [-0.1, -0.05) is 29.8 Å². The van der Waals surface area contributed by atoms with Gasteiger partial charge >= 0.3 is 6.18 Å². The number of alkyl halides is 3. The summed E-state index contributed by atoms with van der Waals surface area (Å²) in [6.07, 6.45) is -2.67. The molecule has 3 aromatic rings. The minimum atomic E-state index is -4.32. The Morgan fingerprint density at radius 1 is 1.00 bits per heavy atom. The molecule has 0 unspecified atom stereocenters. The molecule has 0 N–H and O–H groups in total. The molecule has 24 heavy (non-hydrogen) atoms. The Kier molecular flexibility index (Phi) is 4.71. The average Bonchev–Trinajstić information content (AvgIpc) is 3.01. The van der Waals surface area contributed by atoms with Crippen molar-refractivity contribution in [1.82, 2.24) is 0 Å². The predicted molar refractivity (Wildman–Crippen MR) is 89.9 cm³/mol. The summed E-state index contributed by atoms with van der Waals surface area (Å²) in [4.78, 5) is 1.17. The van der Waals surface area contributed by atoms with Crippen LogP contribution in [0.1, 0.15) is 16.7 Å². The van der Waals surface area contributed by atoms with Crippen LogP contribution < -0.4 is 0 Å². The molecule has 0 aliphatic carbocycles. The standard InChI is InChI=1S/C19H15F3OS/c1-13-3-2-4-17(9-13)24-12-14-10-18(23-11-14)15-5-7-16(8-6-15)19(20,21)22/h2-11H,12H2,1H3. The van der Waals surface area contributed by atoms with Gasteiger partial charge in [0.25, 0.3) is 0 Å². The molecule has 0 radical (unpaired) electrons. The average molecular weight is 348 g/mol. The summed E-state index contributed by atoms with van der Waals surface area (Å²) in [6, 6.07) is 15.1. The van der Waals surface area contributed by atoms with Gasteiger partial charge in [-0.15, -0.1) is 11.8 Å². The van der Waals surface area contributed by atoms with Crippen LogP contribution in [-0.2, 0) is 11.9 Å². The number of thioether (sulfide) groups is 1. The molecule has 0 aliphatic rings. The minimum absolute atomic E-state index is 0.573. The monoisotopic (exact) mass is 348 g/mol. The molecule has 0 amide bonds. The molecule has 3 rings (SSSR count). The number of halogens is 3. The first-order chi connectivity index (χ1) is 11.4. The van der Waals surface area contributed by atoms with Crippen LogP contribution in [0.5, 0.6) is 0 Å². The maximum Gasteiger partial charge on any atom is 0.416 e. The van der Waals surface area contributed by atoms with Crippen molar-refractivity contribution in [3.63, 3.8) is 0 Å². The van der Waals surface area contributed by atoms with E-state index in [0.29, 0.717) is 11.3 Å². The van der Waals surface area contributed by atoms with Crippen molar-refractivity contribution in [3.8, 4) is 11.3 Å². The van der Waals surface area contributed by atoms with Gasteiger partial charge in [0, 0.05) is 21.8 Å². The summed E-state index contributed by atoms with van der Waals surface area (Å²) in [7, 11) is 0. The van der Waals surface area contributed by atoms with E-state index in [1.165, 1.54) is 22.6 Å². The van der Waals surface area contributed by atoms with Crippen molar-refractivity contribution in [2.24, 2.45) is 0 Å². The van der Waals surface area contributed by atoms with Crippen LogP contribution >= 0.6 is 11.8 Å². The predicted octanol–water partition coefficient (Wildman–Crippen LogP) is 6.57. The van der Waals surface area contributed by atoms with Crippen LogP contribution in [0, 0.1) is 6.92 Å². The lowest BCUT2D eigenvalue weighted by atomic mass is 10.1. The summed E-state index contributed by atoms with van der Waals surface area (Å²) in [6.45, 7) is 2.05. The Balaban J connectivity index is 1.69. The molecule has 0 fully saturated rings. The highest BCUT2D eigenvalue weighted by atomic mass is 32.2. The van der Waals surface area contributed by atoms with E-state index in [2.05, 4.69) is 12.1 Å². The topological polar surface area (TPSA) is 13.1 Å². The molecule has 0 aliphatic heterocycles. The largest absolute Gasteiger partial charge is 0.464 e. The smallest absolute Gasteiger partial charge is 0.416 e. The Bertz CT molecular complexity index is 819. The van der Waals surface area contributed by atoms with Gasteiger partial charge in [-0.2, -0.15) is 13.2 Å². The van der Waals surface area contributed by atoms with E-state index in [0.717, 1.165) is 23.4 Å². The summed E-state index contributed by atoms with van der Waals surface area (Å²) in [5.74, 6) is 1.32. The van der Waals surface area contributed by atoms with Gasteiger partial charge in [-0.3, -0.25) is 0 Å². The Hall–Kier alpha value is -2.14. The third-order valence-corrected chi connectivity index (χ3v) is 4.61. The maximum absolute atomic E-state index is 12.6. The van der Waals surface area contributed by atoms with Crippen LogP contribution in [0.25, 0.3) is 11.3 Å². The molecule has 1 aromatic heterocycles. The number of rotatable bonds is 4. The first-order valence-electron chi connectivity index (χ1n) is 7.36. The summed E-state index contributed by atoms with van der Waals surface area (Å²) < 4.78 is 43.3. The highest BCUT2D eigenvalue weighted by Gasteiger charge is 2.30. The maximum atomic E-state index is 12.6. The van der Waals surface area contributed by atoms with E-state index in [-0.39, 0.29) is 0 Å². The summed E-state index contributed by atoms with van der Waals surface area (Å²) >= 11 is 1.69. The fraction of sp³-hybridized carbons (Fsp3) is 0.158. The van der Waals surface area contributed by atoms with E-state index in [1.54, 1.807) is 18.0 Å². The molecular weight excluding hydrogens is 333 g/mol. The van der Waals surface area contributed by atoms with E-state index in [4.69, 9.17) is 4.42 Å². The van der Waals surface area contributed by atoms with Gasteiger partial charge < -0.3 is 4.42 Å². The zero-order valence-electron chi connectivity index (χ0n) is 12.9. The molecule has 1 heterocycles. The molecule has 0 saturated carbocycles. The third kappa shape index (κ3) is 4.03. The van der Waals surface area contributed by atoms with Crippen molar-refractivity contribution in [2.75, 3.05) is 0 Å². The van der Waals surface area contributed by atoms with Crippen LogP contribution in [0.4, 0.5) is 13.2 Å². The van der Waals surface area contributed by atoms with Crippen LogP contribution in [0.15, 0.2) is 70.2 Å². The van der Waals surface area contributed by atoms with Crippen molar-refractivity contribution < 1.29 is 17.6 Å². The number of benzene rings is 2. The molecule has 0 spiro atoms. The second kappa shape index (κ2) is 6.77. The lowest BCUT2D eigenvalue weighted by Crippen LogP contribution is -2.03. The summed E-state index contributed by atoms with van der Waals surface area (Å²) in [5.41, 5.74) is 2.18. The van der Waals surface area contributed by atoms with Gasteiger partial charge in [-0.25, -0.2) is 0 Å². The molecule has 1 nitrogen and oxygen atoms in total. The third-order valence-electron chi connectivity index (χ3n) is 3.55. The first kappa shape index (κ1) is 16.7. The molecule has 0 bridgehead atoms. The van der Waals surface area contributed by atoms with Gasteiger partial charge in [0.05, 0.1) is 11.8 Å². The van der Waals surface area contributed by atoms with E-state index < -0.39 is 11.7 Å². The number of aryl methyl sites for hydroxylation is 1.